The van der Waals surface area contributed by atoms with Gasteiger partial charge in [0.25, 0.3) is 0 Å². The Kier molecular flexibility index (Phi) is 10.4. The predicted molar refractivity (Wildman–Crippen MR) is 204 cm³/mol. The van der Waals surface area contributed by atoms with Gasteiger partial charge in [-0.3, -0.25) is 0 Å². The second kappa shape index (κ2) is 15.7. The normalized spacial score (nSPS) is 10.7. The van der Waals surface area contributed by atoms with Crippen LogP contribution in [0, 0.1) is 12.1 Å². The van der Waals surface area contributed by atoms with E-state index in [0.717, 1.165) is 56.4 Å². The van der Waals surface area contributed by atoms with Crippen molar-refractivity contribution >= 4 is 21.9 Å². The summed E-state index contributed by atoms with van der Waals surface area (Å²) in [6.07, 6.45) is 4.62. The summed E-state index contributed by atoms with van der Waals surface area (Å²) in [5, 5.41) is 2.20. The van der Waals surface area contributed by atoms with Crippen molar-refractivity contribution in [1.29, 1.82) is 0 Å². The summed E-state index contributed by atoms with van der Waals surface area (Å²) in [5.74, 6) is 0. The van der Waals surface area contributed by atoms with Crippen LogP contribution < -0.4 is 0 Å². The zero-order chi connectivity index (χ0) is 33.5. The van der Waals surface area contributed by atoms with Gasteiger partial charge in [-0.25, -0.2) is 0 Å². The summed E-state index contributed by atoms with van der Waals surface area (Å²) >= 11 is 0. The minimum Gasteiger partial charge on any atom is -0.501 e. The Labute approximate surface area is 311 Å². The van der Waals surface area contributed by atoms with E-state index in [1.54, 1.807) is 6.20 Å². The first kappa shape index (κ1) is 33.6. The van der Waals surface area contributed by atoms with E-state index >= 15 is 0 Å². The van der Waals surface area contributed by atoms with Crippen LogP contribution in [0.5, 0.6) is 0 Å². The third kappa shape index (κ3) is 7.49. The van der Waals surface area contributed by atoms with E-state index in [0.29, 0.717) is 0 Å². The molecule has 0 N–H and O–H groups in total. The Hall–Kier alpha value is -5.93. The third-order valence-corrected chi connectivity index (χ3v) is 8.76. The maximum Gasteiger partial charge on any atom is 0.120 e. The molecule has 9 aromatic rings. The molecule has 0 atom stereocenters. The van der Waals surface area contributed by atoms with Gasteiger partial charge in [-0.1, -0.05) is 138 Å². The minimum absolute atomic E-state index is 0. The fraction of sp³-hybridized carbons (Fsp3) is 0.0213. The number of furan rings is 1. The quantitative estimate of drug-likeness (QED) is 0.157. The first-order chi connectivity index (χ1) is 24.8. The number of para-hydroxylation sites is 1. The van der Waals surface area contributed by atoms with Gasteiger partial charge in [0.05, 0.1) is 5.58 Å². The summed E-state index contributed by atoms with van der Waals surface area (Å²) in [6, 6.07) is 64.4. The summed E-state index contributed by atoms with van der Waals surface area (Å²) in [4.78, 5) is 9.21. The van der Waals surface area contributed by atoms with Gasteiger partial charge in [0.1, 0.15) is 5.58 Å². The van der Waals surface area contributed by atoms with Crippen LogP contribution in [0.1, 0.15) is 11.1 Å². The largest absolute Gasteiger partial charge is 0.501 e. The molecule has 0 spiro atoms. The number of fused-ring (bicyclic) bond motifs is 3. The van der Waals surface area contributed by atoms with E-state index in [1.165, 1.54) is 27.8 Å². The van der Waals surface area contributed by atoms with Gasteiger partial charge in [0.2, 0.25) is 0 Å². The Balaban J connectivity index is 0.000000182. The number of pyridine rings is 2. The molecule has 0 aliphatic heterocycles. The van der Waals surface area contributed by atoms with Crippen molar-refractivity contribution in [3.63, 3.8) is 0 Å². The monoisotopic (exact) mass is 833 g/mol. The van der Waals surface area contributed by atoms with Crippen molar-refractivity contribution in [2.24, 2.45) is 0 Å². The third-order valence-electron chi connectivity index (χ3n) is 8.76. The molecule has 3 nitrogen and oxygen atoms in total. The minimum atomic E-state index is 0. The van der Waals surface area contributed by atoms with Crippen LogP contribution in [0.4, 0.5) is 0 Å². The smallest absolute Gasteiger partial charge is 0.120 e. The van der Waals surface area contributed by atoms with Crippen LogP contribution in [-0.2, 0) is 26.5 Å². The predicted octanol–water partition coefficient (Wildman–Crippen LogP) is 11.9. The molecule has 1 radical (unpaired) electrons. The van der Waals surface area contributed by atoms with Crippen LogP contribution in [0.2, 0.25) is 0 Å². The molecule has 247 valence electrons. The van der Waals surface area contributed by atoms with Crippen LogP contribution >= 0.6 is 0 Å². The van der Waals surface area contributed by atoms with Crippen LogP contribution in [0.25, 0.3) is 66.7 Å². The summed E-state index contributed by atoms with van der Waals surface area (Å²) in [7, 11) is 0. The average Bonchev–Trinajstić information content (AvgIpc) is 3.59. The molecule has 6 aromatic carbocycles. The van der Waals surface area contributed by atoms with Crippen LogP contribution in [-0.4, -0.2) is 9.97 Å². The number of nitrogens with zero attached hydrogens (tertiary/aromatic N) is 2. The van der Waals surface area contributed by atoms with Gasteiger partial charge < -0.3 is 14.4 Å². The second-order valence-corrected chi connectivity index (χ2v) is 12.0. The first-order valence-electron chi connectivity index (χ1n) is 16.7. The molecule has 51 heavy (non-hydrogen) atoms. The molecule has 0 bridgehead atoms. The van der Waals surface area contributed by atoms with E-state index in [1.807, 2.05) is 79.0 Å². The van der Waals surface area contributed by atoms with Crippen molar-refractivity contribution in [3.05, 3.63) is 206 Å². The molecule has 0 saturated heterocycles. The van der Waals surface area contributed by atoms with E-state index in [9.17, 15) is 0 Å². The maximum absolute atomic E-state index is 6.24. The maximum atomic E-state index is 6.24. The van der Waals surface area contributed by atoms with Crippen LogP contribution in [0.15, 0.2) is 187 Å². The topological polar surface area (TPSA) is 38.9 Å². The van der Waals surface area contributed by atoms with Gasteiger partial charge in [0.15, 0.2) is 0 Å². The number of aromatic nitrogens is 2. The molecule has 0 unspecified atom stereocenters. The van der Waals surface area contributed by atoms with Gasteiger partial charge in [0, 0.05) is 43.4 Å². The summed E-state index contributed by atoms with van der Waals surface area (Å²) in [6.45, 7) is 0. The Bertz CT molecular complexity index is 2440. The van der Waals surface area contributed by atoms with Crippen molar-refractivity contribution in [1.82, 2.24) is 9.97 Å². The molecule has 0 aliphatic carbocycles. The molecule has 4 heteroatoms. The molecule has 0 aliphatic rings. The Morgan fingerprint density at radius 3 is 1.98 bits per heavy atom. The van der Waals surface area contributed by atoms with Crippen LogP contribution in [0.3, 0.4) is 0 Å². The Morgan fingerprint density at radius 1 is 0.529 bits per heavy atom. The fourth-order valence-corrected chi connectivity index (χ4v) is 6.30. The van der Waals surface area contributed by atoms with Gasteiger partial charge in [-0.15, -0.1) is 53.6 Å². The van der Waals surface area contributed by atoms with E-state index in [2.05, 4.69) is 114 Å². The van der Waals surface area contributed by atoms with Crippen molar-refractivity contribution < 1.29 is 24.5 Å². The Morgan fingerprint density at radius 2 is 1.22 bits per heavy atom. The fourth-order valence-electron chi connectivity index (χ4n) is 6.30. The average molecular weight is 833 g/mol. The molecular formula is C47H32IrN2O-2. The number of rotatable bonds is 6. The van der Waals surface area contributed by atoms with Gasteiger partial charge in [-0.05, 0) is 52.2 Å². The number of hydrogen-bond acceptors (Lipinski definition) is 3. The molecule has 0 saturated carbocycles. The van der Waals surface area contributed by atoms with E-state index < -0.39 is 0 Å². The van der Waals surface area contributed by atoms with Crippen molar-refractivity contribution in [2.75, 3.05) is 0 Å². The van der Waals surface area contributed by atoms with E-state index in [-0.39, 0.29) is 20.1 Å². The molecule has 0 amide bonds. The van der Waals surface area contributed by atoms with Crippen molar-refractivity contribution in [2.45, 2.75) is 6.42 Å². The standard InChI is InChI=1S/C30H20NO.C17H12N.Ir/c1-3-10-21(11-4-1)18-23-19-28(31-20-27(23)22-12-5-2-6-13-22)26-16-9-15-25-24-14-7-8-17-29(24)32-30(25)26;1-2-7-14(8-3-1)15-9-6-10-16(13-15)17-11-4-5-12-18-17;/h1-15,17,19-20H,18H2;1-9,11-13H;/q2*-1;. The molecule has 9 rings (SSSR count). The summed E-state index contributed by atoms with van der Waals surface area (Å²) < 4.78 is 6.24. The second-order valence-electron chi connectivity index (χ2n) is 12.0. The number of hydrogen-bond donors (Lipinski definition) is 0. The zero-order valence-corrected chi connectivity index (χ0v) is 30.1. The summed E-state index contributed by atoms with van der Waals surface area (Å²) in [5.41, 5.74) is 12.7. The van der Waals surface area contributed by atoms with Crippen molar-refractivity contribution in [3.8, 4) is 44.8 Å². The van der Waals surface area contributed by atoms with Gasteiger partial charge in [-0.2, -0.15) is 0 Å². The number of benzene rings is 6. The van der Waals surface area contributed by atoms with E-state index in [4.69, 9.17) is 9.40 Å². The SMILES string of the molecule is [Ir].[c-]1ccc(-c2ccccc2)cc1-c1ccccn1.[c-]1ccc2c(oc3ccccc32)c1-c1cc(Cc2ccccc2)c(-c2ccccc2)cn1. The first-order valence-corrected chi connectivity index (χ1v) is 16.7. The molecule has 3 heterocycles. The van der Waals surface area contributed by atoms with Gasteiger partial charge >= 0.3 is 0 Å². The zero-order valence-electron chi connectivity index (χ0n) is 27.7. The molecule has 3 aromatic heterocycles. The molecule has 0 fully saturated rings. The molecular weight excluding hydrogens is 801 g/mol.